The third-order valence-corrected chi connectivity index (χ3v) is 5.88. The number of likely N-dealkylation sites (tertiary alicyclic amines) is 1. The Labute approximate surface area is 143 Å². The number of hydrogen-bond donors (Lipinski definition) is 1. The highest BCUT2D eigenvalue weighted by Gasteiger charge is 2.30. The minimum absolute atomic E-state index is 0.612. The first kappa shape index (κ1) is 14.3. The number of hydrogen-bond acceptors (Lipinski definition) is 1. The van der Waals surface area contributed by atoms with Crippen molar-refractivity contribution >= 4 is 10.9 Å². The molecule has 1 N–H and O–H groups in total. The third-order valence-electron chi connectivity index (χ3n) is 5.88. The fraction of sp³-hybridized carbons (Fsp3) is 0.364. The van der Waals surface area contributed by atoms with Crippen molar-refractivity contribution in [3.8, 4) is 11.3 Å². The summed E-state index contributed by atoms with van der Waals surface area (Å²) in [5.41, 5.74) is 7.03. The Morgan fingerprint density at radius 3 is 2.54 bits per heavy atom. The summed E-state index contributed by atoms with van der Waals surface area (Å²) >= 11 is 0. The van der Waals surface area contributed by atoms with E-state index in [1.165, 1.54) is 72.9 Å². The standard InChI is InChI=1S/C22H24N2/c1-3-8-16(9-4-1)22-18-12-13-20(24-14-5-2-6-15-24)17-10-7-11-19(23-22)21(17)18/h1,3-4,7-11,20,23H,2,5-6,12-15H2. The monoisotopic (exact) mass is 316 g/mol. The minimum Gasteiger partial charge on any atom is -0.354 e. The number of aromatic amines is 1. The quantitative estimate of drug-likeness (QED) is 0.679. The highest BCUT2D eigenvalue weighted by molar-refractivity contribution is 5.94. The van der Waals surface area contributed by atoms with Crippen molar-refractivity contribution in [2.24, 2.45) is 0 Å². The van der Waals surface area contributed by atoms with Crippen molar-refractivity contribution < 1.29 is 0 Å². The number of nitrogens with one attached hydrogen (secondary N) is 1. The molecule has 1 fully saturated rings. The van der Waals surface area contributed by atoms with E-state index in [0.29, 0.717) is 6.04 Å². The molecule has 1 unspecified atom stereocenters. The molecule has 24 heavy (non-hydrogen) atoms. The molecule has 0 bridgehead atoms. The molecule has 1 aliphatic carbocycles. The molecule has 0 spiro atoms. The lowest BCUT2D eigenvalue weighted by molar-refractivity contribution is 0.155. The molecule has 2 nitrogen and oxygen atoms in total. The van der Waals surface area contributed by atoms with Crippen LogP contribution in [0.3, 0.4) is 0 Å². The van der Waals surface area contributed by atoms with Crippen molar-refractivity contribution in [3.63, 3.8) is 0 Å². The maximum atomic E-state index is 3.72. The van der Waals surface area contributed by atoms with Crippen LogP contribution in [-0.4, -0.2) is 23.0 Å². The van der Waals surface area contributed by atoms with E-state index in [-0.39, 0.29) is 0 Å². The van der Waals surface area contributed by atoms with Gasteiger partial charge in [-0.25, -0.2) is 0 Å². The van der Waals surface area contributed by atoms with Gasteiger partial charge in [-0.3, -0.25) is 4.90 Å². The molecule has 1 saturated heterocycles. The number of rotatable bonds is 2. The zero-order valence-corrected chi connectivity index (χ0v) is 14.1. The summed E-state index contributed by atoms with van der Waals surface area (Å²) in [4.78, 5) is 6.45. The lowest BCUT2D eigenvalue weighted by atomic mass is 9.85. The number of H-pyrrole nitrogens is 1. The van der Waals surface area contributed by atoms with E-state index in [9.17, 15) is 0 Å². The molecule has 2 aliphatic rings. The predicted molar refractivity (Wildman–Crippen MR) is 100 cm³/mol. The van der Waals surface area contributed by atoms with Crippen LogP contribution in [0.2, 0.25) is 0 Å². The molecular formula is C22H24N2. The van der Waals surface area contributed by atoms with Crippen molar-refractivity contribution in [3.05, 3.63) is 59.7 Å². The second kappa shape index (κ2) is 5.78. The average molecular weight is 316 g/mol. The van der Waals surface area contributed by atoms with Crippen molar-refractivity contribution in [1.82, 2.24) is 9.88 Å². The molecular weight excluding hydrogens is 292 g/mol. The predicted octanol–water partition coefficient (Wildman–Crippen LogP) is 5.31. The fourth-order valence-corrected chi connectivity index (χ4v) is 4.77. The Balaban J connectivity index is 1.65. The van der Waals surface area contributed by atoms with Gasteiger partial charge in [0.15, 0.2) is 0 Å². The van der Waals surface area contributed by atoms with Gasteiger partial charge in [0, 0.05) is 22.6 Å². The Bertz CT molecular complexity index is 856. The van der Waals surface area contributed by atoms with Gasteiger partial charge in [-0.15, -0.1) is 0 Å². The molecule has 0 saturated carbocycles. The van der Waals surface area contributed by atoms with E-state index >= 15 is 0 Å². The molecule has 0 radical (unpaired) electrons. The van der Waals surface area contributed by atoms with E-state index in [2.05, 4.69) is 58.4 Å². The number of benzene rings is 2. The van der Waals surface area contributed by atoms with Gasteiger partial charge in [-0.05, 0) is 61.5 Å². The fourth-order valence-electron chi connectivity index (χ4n) is 4.77. The Morgan fingerprint density at radius 1 is 0.875 bits per heavy atom. The number of nitrogens with zero attached hydrogens (tertiary/aromatic N) is 1. The summed E-state index contributed by atoms with van der Waals surface area (Å²) in [5, 5.41) is 1.50. The molecule has 122 valence electrons. The summed E-state index contributed by atoms with van der Waals surface area (Å²) in [6.07, 6.45) is 6.57. The number of aromatic nitrogens is 1. The van der Waals surface area contributed by atoms with Crippen LogP contribution in [0.4, 0.5) is 0 Å². The van der Waals surface area contributed by atoms with Crippen LogP contribution < -0.4 is 0 Å². The van der Waals surface area contributed by atoms with Crippen LogP contribution in [-0.2, 0) is 6.42 Å². The number of piperidine rings is 1. The van der Waals surface area contributed by atoms with E-state index < -0.39 is 0 Å². The molecule has 2 heteroatoms. The highest BCUT2D eigenvalue weighted by atomic mass is 15.2. The average Bonchev–Trinajstić information content (AvgIpc) is 3.04. The Morgan fingerprint density at radius 2 is 1.71 bits per heavy atom. The first-order valence-corrected chi connectivity index (χ1v) is 9.35. The van der Waals surface area contributed by atoms with Gasteiger partial charge in [0.05, 0.1) is 0 Å². The molecule has 5 rings (SSSR count). The van der Waals surface area contributed by atoms with Crippen LogP contribution in [0.5, 0.6) is 0 Å². The second-order valence-corrected chi connectivity index (χ2v) is 7.27. The second-order valence-electron chi connectivity index (χ2n) is 7.27. The van der Waals surface area contributed by atoms with Gasteiger partial charge in [0.25, 0.3) is 0 Å². The van der Waals surface area contributed by atoms with E-state index in [1.54, 1.807) is 5.56 Å². The normalized spacial score (nSPS) is 21.2. The summed E-state index contributed by atoms with van der Waals surface area (Å²) in [7, 11) is 0. The smallest absolute Gasteiger partial charge is 0.0497 e. The van der Waals surface area contributed by atoms with Crippen LogP contribution >= 0.6 is 0 Å². The molecule has 2 heterocycles. The zero-order chi connectivity index (χ0) is 15.9. The van der Waals surface area contributed by atoms with E-state index in [1.807, 2.05) is 0 Å². The van der Waals surface area contributed by atoms with Gasteiger partial charge >= 0.3 is 0 Å². The topological polar surface area (TPSA) is 19.0 Å². The van der Waals surface area contributed by atoms with E-state index in [4.69, 9.17) is 0 Å². The lowest BCUT2D eigenvalue weighted by Crippen LogP contribution is -2.35. The molecule has 2 aromatic carbocycles. The molecule has 1 aliphatic heterocycles. The summed E-state index contributed by atoms with van der Waals surface area (Å²) < 4.78 is 0. The summed E-state index contributed by atoms with van der Waals surface area (Å²) in [6.45, 7) is 2.54. The van der Waals surface area contributed by atoms with Crippen LogP contribution in [0.1, 0.15) is 42.9 Å². The Hall–Kier alpha value is -2.06. The summed E-state index contributed by atoms with van der Waals surface area (Å²) in [6, 6.07) is 18.3. The van der Waals surface area contributed by atoms with Crippen LogP contribution in [0.25, 0.3) is 22.2 Å². The SMILES string of the molecule is c1ccc(-c2[nH]c3cccc4c3c2CCC4N2CCCCC2)cc1. The Kier molecular flexibility index (Phi) is 3.45. The van der Waals surface area contributed by atoms with Crippen LogP contribution in [0, 0.1) is 0 Å². The van der Waals surface area contributed by atoms with Gasteiger partial charge in [-0.1, -0.05) is 48.9 Å². The maximum Gasteiger partial charge on any atom is 0.0497 e. The van der Waals surface area contributed by atoms with Gasteiger partial charge < -0.3 is 4.98 Å². The molecule has 1 atom stereocenters. The van der Waals surface area contributed by atoms with Gasteiger partial charge in [-0.2, -0.15) is 0 Å². The van der Waals surface area contributed by atoms with Crippen molar-refractivity contribution in [1.29, 1.82) is 0 Å². The van der Waals surface area contributed by atoms with Gasteiger partial charge in [0.1, 0.15) is 0 Å². The van der Waals surface area contributed by atoms with Crippen molar-refractivity contribution in [2.75, 3.05) is 13.1 Å². The molecule has 3 aromatic rings. The van der Waals surface area contributed by atoms with Crippen LogP contribution in [0.15, 0.2) is 48.5 Å². The number of aryl methyl sites for hydroxylation is 1. The highest BCUT2D eigenvalue weighted by Crippen LogP contribution is 2.43. The van der Waals surface area contributed by atoms with Crippen molar-refractivity contribution in [2.45, 2.75) is 38.1 Å². The maximum absolute atomic E-state index is 3.72. The summed E-state index contributed by atoms with van der Waals surface area (Å²) in [5.74, 6) is 0. The first-order chi connectivity index (χ1) is 11.9. The third kappa shape index (κ3) is 2.21. The van der Waals surface area contributed by atoms with E-state index in [0.717, 1.165) is 0 Å². The largest absolute Gasteiger partial charge is 0.354 e. The molecule has 0 amide bonds. The molecule has 1 aromatic heterocycles. The zero-order valence-electron chi connectivity index (χ0n) is 14.1. The first-order valence-electron chi connectivity index (χ1n) is 9.35. The lowest BCUT2D eigenvalue weighted by Gasteiger charge is -2.37. The van der Waals surface area contributed by atoms with Gasteiger partial charge in [0.2, 0.25) is 0 Å². The minimum atomic E-state index is 0.612.